The van der Waals surface area contributed by atoms with Crippen LogP contribution in [0.15, 0.2) is 34.7 Å². The lowest BCUT2D eigenvalue weighted by molar-refractivity contribution is -0.122. The Morgan fingerprint density at radius 2 is 2.37 bits per heavy atom. The van der Waals surface area contributed by atoms with Crippen LogP contribution in [-0.2, 0) is 11.3 Å². The minimum Gasteiger partial charge on any atom is -0.348 e. The average molecular weight is 277 g/mol. The van der Waals surface area contributed by atoms with Crippen LogP contribution in [0.3, 0.4) is 0 Å². The minimum atomic E-state index is -0.181. The topological polar surface area (TPSA) is 64.0 Å². The molecular weight excluding hydrogens is 262 g/mol. The third-order valence-corrected chi connectivity index (χ3v) is 3.72. The second-order valence-electron chi connectivity index (χ2n) is 4.30. The molecule has 1 unspecified atom stereocenters. The van der Waals surface area contributed by atoms with Crippen LogP contribution >= 0.6 is 11.3 Å². The second-order valence-corrected chi connectivity index (χ2v) is 5.13. The van der Waals surface area contributed by atoms with E-state index in [0.29, 0.717) is 0 Å². The van der Waals surface area contributed by atoms with E-state index < -0.39 is 0 Å². The number of carbonyl (C=O) groups is 1. The van der Waals surface area contributed by atoms with E-state index in [9.17, 15) is 9.59 Å². The Morgan fingerprint density at radius 3 is 2.95 bits per heavy atom. The van der Waals surface area contributed by atoms with Crippen molar-refractivity contribution in [3.8, 4) is 0 Å². The van der Waals surface area contributed by atoms with Gasteiger partial charge in [-0.25, -0.2) is 0 Å². The molecule has 0 fully saturated rings. The molecule has 1 N–H and O–H groups in total. The summed E-state index contributed by atoms with van der Waals surface area (Å²) >= 11 is 1.11. The van der Waals surface area contributed by atoms with Gasteiger partial charge in [-0.05, 0) is 25.5 Å². The number of carbonyl (C=O) groups excluding carboxylic acids is 1. The third kappa shape index (κ3) is 3.29. The van der Waals surface area contributed by atoms with Gasteiger partial charge in [-0.2, -0.15) is 0 Å². The summed E-state index contributed by atoms with van der Waals surface area (Å²) < 4.78 is 1.47. The Bertz CT molecular complexity index is 618. The first-order valence-electron chi connectivity index (χ1n) is 5.92. The molecule has 100 valence electrons. The van der Waals surface area contributed by atoms with E-state index in [1.807, 2.05) is 26.0 Å². The van der Waals surface area contributed by atoms with Crippen LogP contribution in [0.25, 0.3) is 0 Å². The molecule has 0 aliphatic heterocycles. The van der Waals surface area contributed by atoms with Crippen LogP contribution in [0.1, 0.15) is 24.2 Å². The summed E-state index contributed by atoms with van der Waals surface area (Å²) in [5.41, 5.74) is 1.74. The number of amides is 1. The number of thiazole rings is 1. The second kappa shape index (κ2) is 5.79. The van der Waals surface area contributed by atoms with Crippen LogP contribution in [0.4, 0.5) is 0 Å². The molecule has 2 rings (SSSR count). The Labute approximate surface area is 114 Å². The highest BCUT2D eigenvalue weighted by atomic mass is 32.1. The number of nitrogens with one attached hydrogen (secondary N) is 1. The van der Waals surface area contributed by atoms with Gasteiger partial charge in [0.05, 0.1) is 6.04 Å². The summed E-state index contributed by atoms with van der Waals surface area (Å²) in [4.78, 5) is 27.3. The van der Waals surface area contributed by atoms with Gasteiger partial charge < -0.3 is 5.32 Å². The molecule has 6 heteroatoms. The van der Waals surface area contributed by atoms with Gasteiger partial charge in [-0.1, -0.05) is 17.4 Å². The minimum absolute atomic E-state index is 0.0543. The van der Waals surface area contributed by atoms with Crippen LogP contribution in [-0.4, -0.2) is 15.5 Å². The molecule has 2 heterocycles. The molecule has 0 spiro atoms. The van der Waals surface area contributed by atoms with Gasteiger partial charge in [0.2, 0.25) is 5.91 Å². The molecule has 2 aromatic heterocycles. The third-order valence-electron chi connectivity index (χ3n) is 2.84. The molecule has 5 nitrogen and oxygen atoms in total. The van der Waals surface area contributed by atoms with Crippen molar-refractivity contribution in [2.75, 3.05) is 0 Å². The summed E-state index contributed by atoms with van der Waals surface area (Å²) in [5.74, 6) is -0.181. The number of aromatic nitrogens is 2. The molecule has 0 aromatic carbocycles. The van der Waals surface area contributed by atoms with Gasteiger partial charge in [0.15, 0.2) is 0 Å². The highest BCUT2D eigenvalue weighted by Crippen LogP contribution is 2.09. The molecule has 0 saturated heterocycles. The summed E-state index contributed by atoms with van der Waals surface area (Å²) in [6.45, 7) is 3.76. The zero-order valence-corrected chi connectivity index (χ0v) is 11.6. The van der Waals surface area contributed by atoms with E-state index in [1.54, 1.807) is 17.8 Å². The smallest absolute Gasteiger partial charge is 0.307 e. The lowest BCUT2D eigenvalue weighted by Gasteiger charge is -2.14. The van der Waals surface area contributed by atoms with Crippen molar-refractivity contribution in [1.29, 1.82) is 0 Å². The predicted molar refractivity (Wildman–Crippen MR) is 74.1 cm³/mol. The van der Waals surface area contributed by atoms with Gasteiger partial charge in [-0.3, -0.25) is 19.1 Å². The maximum Gasteiger partial charge on any atom is 0.307 e. The summed E-state index contributed by atoms with van der Waals surface area (Å²) in [6.07, 6.45) is 3.40. The lowest BCUT2D eigenvalue weighted by atomic mass is 10.1. The van der Waals surface area contributed by atoms with Crippen molar-refractivity contribution in [3.63, 3.8) is 0 Å². The highest BCUT2D eigenvalue weighted by Gasteiger charge is 2.12. The highest BCUT2D eigenvalue weighted by molar-refractivity contribution is 7.07. The van der Waals surface area contributed by atoms with Crippen molar-refractivity contribution in [3.05, 3.63) is 50.8 Å². The Balaban J connectivity index is 2.01. The molecule has 1 amide bonds. The number of hydrogen-bond acceptors (Lipinski definition) is 4. The standard InChI is InChI=1S/C13H15N3O2S/c1-9-8-19-13(18)16(9)7-12(17)15-10(2)11-4-3-5-14-6-11/h3-6,8,10H,7H2,1-2H3,(H,15,17). The maximum absolute atomic E-state index is 11.9. The van der Waals surface area contributed by atoms with E-state index in [-0.39, 0.29) is 23.4 Å². The average Bonchev–Trinajstić information content (AvgIpc) is 2.71. The molecule has 0 saturated carbocycles. The molecule has 19 heavy (non-hydrogen) atoms. The van der Waals surface area contributed by atoms with Gasteiger partial charge in [-0.15, -0.1) is 0 Å². The molecule has 0 aliphatic carbocycles. The first kappa shape index (κ1) is 13.5. The summed E-state index contributed by atoms with van der Waals surface area (Å²) in [6, 6.07) is 3.60. The summed E-state index contributed by atoms with van der Waals surface area (Å²) in [7, 11) is 0. The van der Waals surface area contributed by atoms with E-state index in [2.05, 4.69) is 10.3 Å². The van der Waals surface area contributed by atoms with Crippen LogP contribution in [0.2, 0.25) is 0 Å². The van der Waals surface area contributed by atoms with E-state index in [0.717, 1.165) is 22.6 Å². The van der Waals surface area contributed by atoms with Gasteiger partial charge >= 0.3 is 4.87 Å². The van der Waals surface area contributed by atoms with Crippen molar-refractivity contribution < 1.29 is 4.79 Å². The van der Waals surface area contributed by atoms with Crippen LogP contribution in [0, 0.1) is 6.92 Å². The summed E-state index contributed by atoms with van der Waals surface area (Å²) in [5, 5.41) is 4.61. The lowest BCUT2D eigenvalue weighted by Crippen LogP contribution is -2.32. The molecule has 1 atom stereocenters. The molecule has 0 bridgehead atoms. The van der Waals surface area contributed by atoms with Crippen molar-refractivity contribution in [2.24, 2.45) is 0 Å². The normalized spacial score (nSPS) is 12.1. The van der Waals surface area contributed by atoms with E-state index in [4.69, 9.17) is 0 Å². The fourth-order valence-electron chi connectivity index (χ4n) is 1.74. The van der Waals surface area contributed by atoms with Gasteiger partial charge in [0.25, 0.3) is 0 Å². The Kier molecular flexibility index (Phi) is 4.11. The first-order valence-corrected chi connectivity index (χ1v) is 6.80. The monoisotopic (exact) mass is 277 g/mol. The molecule has 2 aromatic rings. The van der Waals surface area contributed by atoms with Crippen molar-refractivity contribution in [1.82, 2.24) is 14.9 Å². The van der Waals surface area contributed by atoms with Crippen LogP contribution < -0.4 is 10.2 Å². The zero-order valence-electron chi connectivity index (χ0n) is 10.8. The number of rotatable bonds is 4. The molecule has 0 aliphatic rings. The fraction of sp³-hybridized carbons (Fsp3) is 0.308. The van der Waals surface area contributed by atoms with Gasteiger partial charge in [0, 0.05) is 23.5 Å². The van der Waals surface area contributed by atoms with Crippen LogP contribution in [0.5, 0.6) is 0 Å². The molecular formula is C13H15N3O2S. The SMILES string of the molecule is Cc1csc(=O)n1CC(=O)NC(C)c1cccnc1. The maximum atomic E-state index is 11.9. The largest absolute Gasteiger partial charge is 0.348 e. The number of nitrogens with zero attached hydrogens (tertiary/aromatic N) is 2. The quantitative estimate of drug-likeness (QED) is 0.921. The predicted octanol–water partition coefficient (Wildman–Crippen LogP) is 1.49. The molecule has 0 radical (unpaired) electrons. The zero-order chi connectivity index (χ0) is 13.8. The Hall–Kier alpha value is -1.95. The number of aryl methyl sites for hydroxylation is 1. The van der Waals surface area contributed by atoms with E-state index in [1.165, 1.54) is 4.57 Å². The fourth-order valence-corrected chi connectivity index (χ4v) is 2.48. The van der Waals surface area contributed by atoms with Gasteiger partial charge in [0.1, 0.15) is 6.54 Å². The number of pyridine rings is 1. The van der Waals surface area contributed by atoms with Crippen molar-refractivity contribution >= 4 is 17.2 Å². The Morgan fingerprint density at radius 1 is 1.58 bits per heavy atom. The number of hydrogen-bond donors (Lipinski definition) is 1. The van der Waals surface area contributed by atoms with E-state index >= 15 is 0 Å². The van der Waals surface area contributed by atoms with Crippen molar-refractivity contribution in [2.45, 2.75) is 26.4 Å². The first-order chi connectivity index (χ1) is 9.08.